The van der Waals surface area contributed by atoms with E-state index in [4.69, 9.17) is 0 Å². The van der Waals surface area contributed by atoms with Crippen LogP contribution in [-0.4, -0.2) is 26.0 Å². The monoisotopic (exact) mass is 303 g/mol. The molecule has 2 heterocycles. The number of carbonyl (C=O) groups is 1. The van der Waals surface area contributed by atoms with Crippen LogP contribution in [0.2, 0.25) is 0 Å². The van der Waals surface area contributed by atoms with Crippen LogP contribution in [0.15, 0.2) is 60.9 Å². The van der Waals surface area contributed by atoms with Crippen LogP contribution >= 0.6 is 0 Å². The molecule has 0 spiro atoms. The highest BCUT2D eigenvalue weighted by Crippen LogP contribution is 2.18. The Morgan fingerprint density at radius 1 is 0.913 bits per heavy atom. The Bertz CT molecular complexity index is 861. The molecule has 0 saturated carbocycles. The van der Waals surface area contributed by atoms with Crippen molar-refractivity contribution in [3.8, 4) is 11.5 Å². The lowest BCUT2D eigenvalue weighted by Gasteiger charge is -2.03. The van der Waals surface area contributed by atoms with E-state index in [1.807, 2.05) is 42.5 Å². The number of aromatic carboxylic acids is 1. The quantitative estimate of drug-likeness (QED) is 0.799. The zero-order valence-electron chi connectivity index (χ0n) is 12.1. The summed E-state index contributed by atoms with van der Waals surface area (Å²) in [6.45, 7) is 0. The van der Waals surface area contributed by atoms with Crippen LogP contribution in [0.1, 0.15) is 21.6 Å². The largest absolute Gasteiger partial charge is 0.478 e. The summed E-state index contributed by atoms with van der Waals surface area (Å²) in [5, 5.41) is 9.24. The highest BCUT2D eigenvalue weighted by molar-refractivity contribution is 5.93. The molecule has 1 aromatic carbocycles. The first-order chi connectivity index (χ1) is 11.2. The molecular weight excluding hydrogens is 290 g/mol. The van der Waals surface area contributed by atoms with Crippen molar-refractivity contribution in [2.24, 2.45) is 0 Å². The molecule has 2 aromatic heterocycles. The second-order valence-electron chi connectivity index (χ2n) is 4.75. The van der Waals surface area contributed by atoms with Crippen molar-refractivity contribution in [1.29, 1.82) is 0 Å². The second-order valence-corrected chi connectivity index (χ2v) is 4.75. The van der Waals surface area contributed by atoms with Crippen molar-refractivity contribution in [3.63, 3.8) is 0 Å². The van der Waals surface area contributed by atoms with Gasteiger partial charge in [0.15, 0.2) is 5.82 Å². The van der Waals surface area contributed by atoms with Crippen LogP contribution in [0.3, 0.4) is 0 Å². The summed E-state index contributed by atoms with van der Waals surface area (Å²) in [5.74, 6) is -0.764. The molecule has 5 heteroatoms. The van der Waals surface area contributed by atoms with Gasteiger partial charge in [0, 0.05) is 12.4 Å². The van der Waals surface area contributed by atoms with Gasteiger partial charge in [-0.25, -0.2) is 14.8 Å². The van der Waals surface area contributed by atoms with Gasteiger partial charge in [0.2, 0.25) is 0 Å². The Hall–Kier alpha value is -3.34. The van der Waals surface area contributed by atoms with Crippen molar-refractivity contribution in [1.82, 2.24) is 15.0 Å². The van der Waals surface area contributed by atoms with E-state index in [-0.39, 0.29) is 11.3 Å². The molecule has 0 saturated heterocycles. The average molecular weight is 303 g/mol. The summed E-state index contributed by atoms with van der Waals surface area (Å²) in [6.07, 6.45) is 6.90. The van der Waals surface area contributed by atoms with Crippen LogP contribution in [0.5, 0.6) is 0 Å². The van der Waals surface area contributed by atoms with Crippen molar-refractivity contribution in [2.45, 2.75) is 0 Å². The molecule has 23 heavy (non-hydrogen) atoms. The van der Waals surface area contributed by atoms with Gasteiger partial charge in [0.1, 0.15) is 5.69 Å². The number of nitrogens with zero attached hydrogens (tertiary/aromatic N) is 3. The normalized spacial score (nSPS) is 10.8. The van der Waals surface area contributed by atoms with Gasteiger partial charge in [0.25, 0.3) is 0 Å². The molecule has 5 nitrogen and oxygen atoms in total. The van der Waals surface area contributed by atoms with Crippen molar-refractivity contribution >= 4 is 18.1 Å². The zero-order valence-corrected chi connectivity index (χ0v) is 12.1. The molecule has 0 atom stereocenters. The summed E-state index contributed by atoms with van der Waals surface area (Å²) in [4.78, 5) is 23.9. The molecule has 0 amide bonds. The maximum Gasteiger partial charge on any atom is 0.338 e. The van der Waals surface area contributed by atoms with Crippen LogP contribution in [-0.2, 0) is 0 Å². The van der Waals surface area contributed by atoms with Gasteiger partial charge in [0.05, 0.1) is 11.3 Å². The second kappa shape index (κ2) is 6.62. The minimum absolute atomic E-state index is 0.0803. The number of carboxylic acids is 1. The number of hydrogen-bond acceptors (Lipinski definition) is 4. The van der Waals surface area contributed by atoms with Crippen LogP contribution in [0.25, 0.3) is 23.7 Å². The summed E-state index contributed by atoms with van der Waals surface area (Å²) in [6, 6.07) is 14.7. The van der Waals surface area contributed by atoms with Gasteiger partial charge in [-0.05, 0) is 29.8 Å². The van der Waals surface area contributed by atoms with E-state index in [0.29, 0.717) is 11.5 Å². The van der Waals surface area contributed by atoms with Gasteiger partial charge in [-0.1, -0.05) is 36.4 Å². The first kappa shape index (κ1) is 14.6. The zero-order chi connectivity index (χ0) is 16.1. The minimum Gasteiger partial charge on any atom is -0.478 e. The van der Waals surface area contributed by atoms with Gasteiger partial charge in [-0.2, -0.15) is 0 Å². The topological polar surface area (TPSA) is 76.0 Å². The molecule has 0 radical (unpaired) electrons. The number of rotatable bonds is 4. The molecule has 3 rings (SSSR count). The molecular formula is C18H13N3O2. The summed E-state index contributed by atoms with van der Waals surface area (Å²) in [7, 11) is 0. The van der Waals surface area contributed by atoms with E-state index in [2.05, 4.69) is 15.0 Å². The Balaban J connectivity index is 1.95. The Labute approximate surface area is 133 Å². The molecule has 0 fully saturated rings. The highest BCUT2D eigenvalue weighted by atomic mass is 16.4. The molecule has 0 aliphatic rings. The van der Waals surface area contributed by atoms with Gasteiger partial charge in [-0.3, -0.25) is 4.98 Å². The number of hydrogen-bond donors (Lipinski definition) is 1. The smallest absolute Gasteiger partial charge is 0.338 e. The molecule has 0 unspecified atom stereocenters. The molecule has 0 aliphatic carbocycles. The SMILES string of the molecule is O=C(O)c1cccnc1-c1nccc(C=Cc2ccccc2)n1. The van der Waals surface area contributed by atoms with Crippen LogP contribution in [0, 0.1) is 0 Å². The fraction of sp³-hybridized carbons (Fsp3) is 0. The average Bonchev–Trinajstić information content (AvgIpc) is 2.61. The standard InChI is InChI=1S/C18H13N3O2/c22-18(23)15-7-4-11-19-16(15)17-20-12-10-14(21-17)9-8-13-5-2-1-3-6-13/h1-12H,(H,22,23). The van der Waals surface area contributed by atoms with Gasteiger partial charge >= 0.3 is 5.97 Å². The third-order valence-corrected chi connectivity index (χ3v) is 3.17. The maximum absolute atomic E-state index is 11.3. The van der Waals surface area contributed by atoms with Crippen molar-refractivity contribution in [3.05, 3.63) is 77.7 Å². The van der Waals surface area contributed by atoms with Gasteiger partial charge < -0.3 is 5.11 Å². The van der Waals surface area contributed by atoms with E-state index in [9.17, 15) is 9.90 Å². The summed E-state index contributed by atoms with van der Waals surface area (Å²) < 4.78 is 0. The number of benzene rings is 1. The Kier molecular flexibility index (Phi) is 4.20. The first-order valence-electron chi connectivity index (χ1n) is 6.99. The summed E-state index contributed by atoms with van der Waals surface area (Å²) in [5.41, 5.74) is 2.07. The number of carboxylic acid groups (broad SMARTS) is 1. The highest BCUT2D eigenvalue weighted by Gasteiger charge is 2.14. The van der Waals surface area contributed by atoms with E-state index < -0.39 is 5.97 Å². The third-order valence-electron chi connectivity index (χ3n) is 3.17. The molecule has 112 valence electrons. The van der Waals surface area contributed by atoms with E-state index in [1.54, 1.807) is 18.3 Å². The Morgan fingerprint density at radius 2 is 1.74 bits per heavy atom. The number of aromatic nitrogens is 3. The first-order valence-corrected chi connectivity index (χ1v) is 6.99. The summed E-state index contributed by atoms with van der Waals surface area (Å²) >= 11 is 0. The predicted molar refractivity (Wildman–Crippen MR) is 87.6 cm³/mol. The van der Waals surface area contributed by atoms with E-state index in [1.165, 1.54) is 12.3 Å². The lowest BCUT2D eigenvalue weighted by Crippen LogP contribution is -2.03. The molecule has 0 bridgehead atoms. The van der Waals surface area contributed by atoms with E-state index >= 15 is 0 Å². The Morgan fingerprint density at radius 3 is 2.52 bits per heavy atom. The minimum atomic E-state index is -1.05. The van der Waals surface area contributed by atoms with Crippen molar-refractivity contribution < 1.29 is 9.90 Å². The van der Waals surface area contributed by atoms with Crippen LogP contribution in [0.4, 0.5) is 0 Å². The fourth-order valence-corrected chi connectivity index (χ4v) is 2.08. The van der Waals surface area contributed by atoms with E-state index in [0.717, 1.165) is 5.56 Å². The maximum atomic E-state index is 11.3. The number of pyridine rings is 1. The third kappa shape index (κ3) is 3.47. The van der Waals surface area contributed by atoms with Crippen LogP contribution < -0.4 is 0 Å². The lowest BCUT2D eigenvalue weighted by atomic mass is 10.1. The molecule has 3 aromatic rings. The lowest BCUT2D eigenvalue weighted by molar-refractivity contribution is 0.0697. The fourth-order valence-electron chi connectivity index (χ4n) is 2.08. The predicted octanol–water partition coefficient (Wildman–Crippen LogP) is 3.41. The molecule has 1 N–H and O–H groups in total. The molecule has 0 aliphatic heterocycles. The van der Waals surface area contributed by atoms with Crippen molar-refractivity contribution in [2.75, 3.05) is 0 Å². The van der Waals surface area contributed by atoms with Gasteiger partial charge in [-0.15, -0.1) is 0 Å².